The van der Waals surface area contributed by atoms with Gasteiger partial charge in [0.15, 0.2) is 0 Å². The van der Waals surface area contributed by atoms with Crippen LogP contribution >= 0.6 is 21.6 Å². The van der Waals surface area contributed by atoms with Crippen LogP contribution in [0.25, 0.3) is 0 Å². The van der Waals surface area contributed by atoms with Crippen molar-refractivity contribution in [2.45, 2.75) is 627 Å². The van der Waals surface area contributed by atoms with Crippen LogP contribution in [-0.4, -0.2) is 29.2 Å². The van der Waals surface area contributed by atoms with Crippen molar-refractivity contribution in [1.82, 2.24) is 0 Å². The van der Waals surface area contributed by atoms with Crippen LogP contribution in [0.3, 0.4) is 0 Å². The van der Waals surface area contributed by atoms with Crippen molar-refractivity contribution in [3.8, 4) is 0 Å². The molecule has 8 aliphatic carbocycles. The van der Waals surface area contributed by atoms with Crippen LogP contribution in [-0.2, 0) is 14.3 Å². The van der Waals surface area contributed by atoms with E-state index in [0.717, 1.165) is 109 Å². The van der Waals surface area contributed by atoms with Crippen LogP contribution in [0.15, 0.2) is 23.3 Å². The Hall–Kier alpha value is -0.880. The SMILES string of the molecule is CC(C)CCC[C@@H](C)[C@H]1CCC2C3CC=C4CC(OC(=O)CCCCCCCCCCCCCCCCCCCCCCCCCCCCCCCCCCCCCCCCCCCCCCCCCCCCCCCCCCCCCCCCSSC(=O)OC5CC[C@@]6(C)C(=CCC7C6CC[C@@]6(C)C7CC[C@@H]6[C@H](C)CCCC(C)C)C5)CC[C@]4(C)C3CC[C@@]21C. The number of ether oxygens (including phenoxy) is 2. The van der Waals surface area contributed by atoms with Gasteiger partial charge in [-0.1, -0.05) is 527 Å². The molecule has 0 heterocycles. The third-order valence-electron chi connectivity index (χ3n) is 37.1. The second-order valence-electron chi connectivity index (χ2n) is 47.7. The molecule has 0 spiro atoms. The number of rotatable bonds is 78. The Morgan fingerprint density at radius 1 is 0.302 bits per heavy atom. The molecule has 0 amide bonds. The van der Waals surface area contributed by atoms with Gasteiger partial charge in [0, 0.05) is 35.8 Å². The van der Waals surface area contributed by atoms with Crippen LogP contribution in [0.1, 0.15) is 615 Å². The van der Waals surface area contributed by atoms with Crippen LogP contribution in [0, 0.1) is 92.7 Å². The molecule has 6 saturated carbocycles. The first-order valence-corrected chi connectivity index (χ1v) is 60.9. The molecular weight excluding hydrogens is 1570 g/mol. The molecule has 6 fully saturated rings. The Bertz CT molecular complexity index is 2600. The highest BCUT2D eigenvalue weighted by Gasteiger charge is 2.61. The average Bonchev–Trinajstić information content (AvgIpc) is 1.45. The van der Waals surface area contributed by atoms with Gasteiger partial charge < -0.3 is 9.47 Å². The van der Waals surface area contributed by atoms with Gasteiger partial charge in [0.05, 0.1) is 0 Å². The standard InChI is InChI=1S/C120H218O4S2/c1-99(2)75-73-77-101(5)109-84-86-111-107-82-80-103-97-105(88-92-117(103,7)113(107)90-94-119(109,111)9)123-115(121)79-71-69-67-65-63-61-59-57-55-53-51-49-47-45-43-41-39-37-35-33-31-29-27-25-23-21-19-17-15-13-11-12-14-16-18-20-22-24-26-28-30-32-34-36-38-40-42-44-46-48-50-52-54-56-58-60-62-64-66-68-70-72-96-125-126-116(122)124-106-89-93-118(8)104(98-106)81-83-108-112-87-85-110(102(6)78-74-76-100(3)4)120(112,10)95-91-114(108)118/h80-81,99-102,105-114H,11-79,82-98H2,1-10H3/t101-,102-,105?,106?,107?,108?,109-,110-,111?,112?,113?,114?,117+,118+,119-,120-/m1/s1. The van der Waals surface area contributed by atoms with E-state index in [1.54, 1.807) is 21.9 Å². The fourth-order valence-electron chi connectivity index (χ4n) is 29.0. The molecule has 0 saturated heterocycles. The molecule has 16 atom stereocenters. The summed E-state index contributed by atoms with van der Waals surface area (Å²) in [5.74, 6) is 11.6. The second-order valence-corrected chi connectivity index (χ2v) is 50.1. The van der Waals surface area contributed by atoms with Gasteiger partial charge in [-0.2, -0.15) is 0 Å². The molecule has 4 nitrogen and oxygen atoms in total. The van der Waals surface area contributed by atoms with E-state index >= 15 is 0 Å². The third-order valence-corrected chi connectivity index (χ3v) is 39.1. The highest BCUT2D eigenvalue weighted by molar-refractivity contribution is 8.82. The number of allylic oxidation sites excluding steroid dienone is 2. The molecule has 126 heavy (non-hydrogen) atoms. The molecule has 0 aromatic heterocycles. The molecule has 0 aliphatic heterocycles. The zero-order valence-electron chi connectivity index (χ0n) is 86.5. The molecule has 8 unspecified atom stereocenters. The minimum absolute atomic E-state index is 0.0479. The Morgan fingerprint density at radius 2 is 0.563 bits per heavy atom. The smallest absolute Gasteiger partial charge is 0.378 e. The van der Waals surface area contributed by atoms with E-state index in [1.165, 1.54) is 518 Å². The summed E-state index contributed by atoms with van der Waals surface area (Å²) in [5, 5.41) is -0.0479. The monoisotopic (exact) mass is 1790 g/mol. The molecule has 8 rings (SSSR count). The van der Waals surface area contributed by atoms with Crippen LogP contribution in [0.2, 0.25) is 0 Å². The summed E-state index contributed by atoms with van der Waals surface area (Å²) in [4.78, 5) is 26.0. The number of fused-ring (bicyclic) bond motifs is 10. The number of carbonyl (C=O) groups excluding carboxylic acids is 2. The van der Waals surface area contributed by atoms with Gasteiger partial charge in [0.25, 0.3) is 0 Å². The van der Waals surface area contributed by atoms with E-state index in [4.69, 9.17) is 9.47 Å². The summed E-state index contributed by atoms with van der Waals surface area (Å²) < 4.78 is 12.4. The summed E-state index contributed by atoms with van der Waals surface area (Å²) in [6.45, 7) is 25.4. The maximum absolute atomic E-state index is 13.0. The number of hydrogen-bond acceptors (Lipinski definition) is 6. The van der Waals surface area contributed by atoms with Gasteiger partial charge >= 0.3 is 11.3 Å². The van der Waals surface area contributed by atoms with Crippen molar-refractivity contribution in [3.05, 3.63) is 23.3 Å². The van der Waals surface area contributed by atoms with Crippen molar-refractivity contribution < 1.29 is 19.1 Å². The minimum atomic E-state index is -0.0479. The van der Waals surface area contributed by atoms with Crippen LogP contribution in [0.5, 0.6) is 0 Å². The average molecular weight is 1790 g/mol. The lowest BCUT2D eigenvalue weighted by Gasteiger charge is -2.58. The maximum atomic E-state index is 13.0. The third kappa shape index (κ3) is 40.8. The first-order chi connectivity index (χ1) is 61.5. The lowest BCUT2D eigenvalue weighted by atomic mass is 9.47. The largest absolute Gasteiger partial charge is 0.462 e. The maximum Gasteiger partial charge on any atom is 0.378 e. The van der Waals surface area contributed by atoms with Gasteiger partial charge in [0.2, 0.25) is 0 Å². The Morgan fingerprint density at radius 3 is 0.841 bits per heavy atom. The number of unbranched alkanes of at least 4 members (excludes halogenated alkanes) is 61. The van der Waals surface area contributed by atoms with Gasteiger partial charge in [0.1, 0.15) is 12.2 Å². The predicted octanol–water partition coefficient (Wildman–Crippen LogP) is 41.4. The summed E-state index contributed by atoms with van der Waals surface area (Å²) in [6, 6.07) is 0. The highest BCUT2D eigenvalue weighted by Crippen LogP contribution is 2.70. The Labute approximate surface area is 795 Å². The lowest BCUT2D eigenvalue weighted by Crippen LogP contribution is -2.51. The summed E-state index contributed by atoms with van der Waals surface area (Å²) in [5.41, 5.74) is 5.02. The van der Waals surface area contributed by atoms with Crippen molar-refractivity contribution >= 4 is 32.9 Å². The van der Waals surface area contributed by atoms with E-state index in [9.17, 15) is 9.59 Å². The van der Waals surface area contributed by atoms with Crippen LogP contribution < -0.4 is 0 Å². The van der Waals surface area contributed by atoms with Gasteiger partial charge in [-0.3, -0.25) is 4.79 Å². The van der Waals surface area contributed by atoms with Crippen molar-refractivity contribution in [1.29, 1.82) is 0 Å². The van der Waals surface area contributed by atoms with Gasteiger partial charge in [-0.15, -0.1) is 0 Å². The molecule has 0 aromatic carbocycles. The van der Waals surface area contributed by atoms with E-state index in [0.29, 0.717) is 28.1 Å². The molecule has 734 valence electrons. The first-order valence-electron chi connectivity index (χ1n) is 58.5. The van der Waals surface area contributed by atoms with Gasteiger partial charge in [-0.25, -0.2) is 4.79 Å². The normalized spacial score (nSPS) is 27.4. The van der Waals surface area contributed by atoms with Crippen LogP contribution in [0.4, 0.5) is 4.79 Å². The zero-order valence-corrected chi connectivity index (χ0v) is 88.1. The molecule has 0 bridgehead atoms. The highest BCUT2D eigenvalue weighted by atomic mass is 33.1. The molecule has 6 heteroatoms. The molecule has 8 aliphatic rings. The van der Waals surface area contributed by atoms with Gasteiger partial charge in [-0.05, 0) is 195 Å². The lowest BCUT2D eigenvalue weighted by molar-refractivity contribution is -0.151. The number of carbonyl (C=O) groups is 2. The van der Waals surface area contributed by atoms with E-state index in [-0.39, 0.29) is 23.5 Å². The summed E-state index contributed by atoms with van der Waals surface area (Å²) >= 11 is 0. The predicted molar refractivity (Wildman–Crippen MR) is 557 cm³/mol. The molecular formula is C120H218O4S2. The fraction of sp³-hybridized carbons (Fsp3) is 0.950. The zero-order chi connectivity index (χ0) is 89.4. The second kappa shape index (κ2) is 65.8. The fourth-order valence-corrected chi connectivity index (χ4v) is 30.7. The van der Waals surface area contributed by atoms with Crippen molar-refractivity contribution in [2.24, 2.45) is 92.7 Å². The minimum Gasteiger partial charge on any atom is -0.462 e. The van der Waals surface area contributed by atoms with E-state index in [2.05, 4.69) is 81.4 Å². The summed E-state index contributed by atoms with van der Waals surface area (Å²) in [7, 11) is 3.10. The number of hydrogen-bond donors (Lipinski definition) is 0. The van der Waals surface area contributed by atoms with E-state index < -0.39 is 0 Å². The molecule has 0 radical (unpaired) electrons. The topological polar surface area (TPSA) is 52.6 Å². The Balaban J connectivity index is 0.439. The number of esters is 1. The first kappa shape index (κ1) is 110. The van der Waals surface area contributed by atoms with E-state index in [1.807, 2.05) is 0 Å². The molecule has 0 aromatic rings. The Kier molecular flexibility index (Phi) is 57.7. The van der Waals surface area contributed by atoms with Crippen molar-refractivity contribution in [3.63, 3.8) is 0 Å². The molecule has 0 N–H and O–H groups in total. The summed E-state index contributed by atoms with van der Waals surface area (Å²) in [6.07, 6.45) is 125. The quantitative estimate of drug-likeness (QED) is 0.0262. The van der Waals surface area contributed by atoms with Crippen molar-refractivity contribution in [2.75, 3.05) is 5.75 Å².